The Morgan fingerprint density at radius 2 is 1.69 bits per heavy atom. The highest BCUT2D eigenvalue weighted by molar-refractivity contribution is 7.89. The van der Waals surface area contributed by atoms with Crippen molar-refractivity contribution in [3.8, 4) is 0 Å². The number of nitrogens with zero attached hydrogens (tertiary/aromatic N) is 1. The Bertz CT molecular complexity index is 912. The van der Waals surface area contributed by atoms with Crippen molar-refractivity contribution < 1.29 is 22.3 Å². The van der Waals surface area contributed by atoms with Gasteiger partial charge in [0.05, 0.1) is 18.1 Å². The maximum atomic E-state index is 12.9. The molecule has 0 aromatic heterocycles. The Kier molecular flexibility index (Phi) is 7.32. The molecule has 1 fully saturated rings. The molecule has 2 aromatic rings. The van der Waals surface area contributed by atoms with Crippen molar-refractivity contribution in [3.63, 3.8) is 0 Å². The first-order valence-electron chi connectivity index (χ1n) is 9.36. The van der Waals surface area contributed by atoms with E-state index in [4.69, 9.17) is 4.74 Å². The number of sulfonamides is 1. The number of amides is 1. The van der Waals surface area contributed by atoms with E-state index < -0.39 is 15.8 Å². The molecular formula is C20H24FN3O4S. The third kappa shape index (κ3) is 6.33. The minimum atomic E-state index is -3.73. The van der Waals surface area contributed by atoms with Crippen molar-refractivity contribution in [3.05, 3.63) is 65.5 Å². The molecule has 0 saturated carbocycles. The van der Waals surface area contributed by atoms with Crippen LogP contribution in [0.4, 0.5) is 4.39 Å². The van der Waals surface area contributed by atoms with Gasteiger partial charge >= 0.3 is 0 Å². The van der Waals surface area contributed by atoms with Crippen LogP contribution < -0.4 is 10.0 Å². The molecule has 0 aliphatic carbocycles. The van der Waals surface area contributed by atoms with Crippen molar-refractivity contribution in [1.29, 1.82) is 0 Å². The topological polar surface area (TPSA) is 87.7 Å². The van der Waals surface area contributed by atoms with Crippen molar-refractivity contribution >= 4 is 15.9 Å². The van der Waals surface area contributed by atoms with Gasteiger partial charge in [-0.15, -0.1) is 0 Å². The minimum absolute atomic E-state index is 0.00448. The standard InChI is InChI=1S/C20H24FN3O4S/c21-18-5-7-19(8-6-18)29(26,27)23-15-16-1-3-17(4-2-16)20(25)22-9-10-24-11-13-28-14-12-24/h1-8,23H,9-15H2,(H,22,25). The van der Waals surface area contributed by atoms with Gasteiger partial charge in [0.15, 0.2) is 0 Å². The minimum Gasteiger partial charge on any atom is -0.379 e. The van der Waals surface area contributed by atoms with E-state index in [0.717, 1.165) is 45.0 Å². The van der Waals surface area contributed by atoms with Crippen LogP contribution in [-0.2, 0) is 21.3 Å². The molecule has 9 heteroatoms. The predicted octanol–water partition coefficient (Wildman–Crippen LogP) is 1.37. The number of hydrogen-bond acceptors (Lipinski definition) is 5. The molecular weight excluding hydrogens is 397 g/mol. The third-order valence-corrected chi connectivity index (χ3v) is 6.04. The molecule has 1 amide bonds. The summed E-state index contributed by atoms with van der Waals surface area (Å²) in [5.41, 5.74) is 1.22. The number of nitrogens with one attached hydrogen (secondary N) is 2. The van der Waals surface area contributed by atoms with E-state index in [1.165, 1.54) is 12.1 Å². The molecule has 1 aliphatic rings. The van der Waals surface area contributed by atoms with E-state index >= 15 is 0 Å². The molecule has 0 radical (unpaired) electrons. The van der Waals surface area contributed by atoms with Crippen LogP contribution in [0.1, 0.15) is 15.9 Å². The molecule has 1 saturated heterocycles. The first-order chi connectivity index (χ1) is 13.9. The van der Waals surface area contributed by atoms with Crippen molar-refractivity contribution in [2.75, 3.05) is 39.4 Å². The molecule has 2 N–H and O–H groups in total. The highest BCUT2D eigenvalue weighted by Crippen LogP contribution is 2.11. The first kappa shape index (κ1) is 21.4. The van der Waals surface area contributed by atoms with E-state index in [1.807, 2.05) is 0 Å². The van der Waals surface area contributed by atoms with Crippen molar-refractivity contribution in [1.82, 2.24) is 14.9 Å². The van der Waals surface area contributed by atoms with Crippen LogP contribution in [0.25, 0.3) is 0 Å². The zero-order chi connectivity index (χ0) is 20.7. The Morgan fingerprint density at radius 1 is 1.03 bits per heavy atom. The van der Waals surface area contributed by atoms with Gasteiger partial charge in [-0.25, -0.2) is 17.5 Å². The van der Waals surface area contributed by atoms with E-state index in [9.17, 15) is 17.6 Å². The summed E-state index contributed by atoms with van der Waals surface area (Å²) in [7, 11) is -3.73. The summed E-state index contributed by atoms with van der Waals surface area (Å²) in [6.45, 7) is 4.59. The van der Waals surface area contributed by atoms with Gasteiger partial charge in [0.2, 0.25) is 10.0 Å². The zero-order valence-corrected chi connectivity index (χ0v) is 16.8. The number of carbonyl (C=O) groups excluding carboxylic acids is 1. The SMILES string of the molecule is O=C(NCCN1CCOCC1)c1ccc(CNS(=O)(=O)c2ccc(F)cc2)cc1. The number of morpholine rings is 1. The van der Waals surface area contributed by atoms with Gasteiger partial charge in [0.25, 0.3) is 5.91 Å². The van der Waals surface area contributed by atoms with Gasteiger partial charge in [-0.05, 0) is 42.0 Å². The third-order valence-electron chi connectivity index (χ3n) is 4.62. The molecule has 3 rings (SSSR count). The van der Waals surface area contributed by atoms with Gasteiger partial charge < -0.3 is 10.1 Å². The average Bonchev–Trinajstić information content (AvgIpc) is 2.74. The molecule has 0 atom stereocenters. The van der Waals surface area contributed by atoms with Crippen molar-refractivity contribution in [2.24, 2.45) is 0 Å². The van der Waals surface area contributed by atoms with Crippen molar-refractivity contribution in [2.45, 2.75) is 11.4 Å². The van der Waals surface area contributed by atoms with Crippen LogP contribution in [0.3, 0.4) is 0 Å². The van der Waals surface area contributed by atoms with E-state index in [0.29, 0.717) is 17.7 Å². The summed E-state index contributed by atoms with van der Waals surface area (Å²) < 4.78 is 45.2. The molecule has 7 nitrogen and oxygen atoms in total. The second-order valence-corrected chi connectivity index (χ2v) is 8.45. The molecule has 156 valence electrons. The molecule has 0 spiro atoms. The van der Waals surface area contributed by atoms with E-state index in [2.05, 4.69) is 14.9 Å². The highest BCUT2D eigenvalue weighted by Gasteiger charge is 2.14. The van der Waals surface area contributed by atoms with Gasteiger partial charge in [-0.3, -0.25) is 9.69 Å². The van der Waals surface area contributed by atoms with Crippen LogP contribution in [-0.4, -0.2) is 58.6 Å². The summed E-state index contributed by atoms with van der Waals surface area (Å²) in [4.78, 5) is 14.5. The Morgan fingerprint density at radius 3 is 2.34 bits per heavy atom. The van der Waals surface area contributed by atoms with Crippen LogP contribution in [0.15, 0.2) is 53.4 Å². The second-order valence-electron chi connectivity index (χ2n) is 6.69. The monoisotopic (exact) mass is 421 g/mol. The first-order valence-corrected chi connectivity index (χ1v) is 10.8. The predicted molar refractivity (Wildman–Crippen MR) is 106 cm³/mol. The lowest BCUT2D eigenvalue weighted by molar-refractivity contribution is 0.0383. The molecule has 29 heavy (non-hydrogen) atoms. The number of ether oxygens (including phenoxy) is 1. The number of carbonyl (C=O) groups is 1. The fourth-order valence-corrected chi connectivity index (χ4v) is 3.92. The van der Waals surface area contributed by atoms with Gasteiger partial charge in [0.1, 0.15) is 5.82 Å². The average molecular weight is 421 g/mol. The number of benzene rings is 2. The number of hydrogen-bond donors (Lipinski definition) is 2. The number of halogens is 1. The lowest BCUT2D eigenvalue weighted by atomic mass is 10.1. The maximum absolute atomic E-state index is 12.9. The molecule has 0 bridgehead atoms. The Labute approximate surface area is 169 Å². The molecule has 1 heterocycles. The molecule has 2 aromatic carbocycles. The highest BCUT2D eigenvalue weighted by atomic mass is 32.2. The second kappa shape index (κ2) is 9.93. The maximum Gasteiger partial charge on any atom is 0.251 e. The van der Waals surface area contributed by atoms with E-state index in [1.54, 1.807) is 24.3 Å². The normalized spacial score (nSPS) is 15.2. The van der Waals surface area contributed by atoms with Gasteiger partial charge in [-0.1, -0.05) is 12.1 Å². The summed E-state index contributed by atoms with van der Waals surface area (Å²) in [6.07, 6.45) is 0. The lowest BCUT2D eigenvalue weighted by Gasteiger charge is -2.26. The fourth-order valence-electron chi connectivity index (χ4n) is 2.90. The fraction of sp³-hybridized carbons (Fsp3) is 0.350. The van der Waals surface area contributed by atoms with Gasteiger partial charge in [-0.2, -0.15) is 0 Å². The lowest BCUT2D eigenvalue weighted by Crippen LogP contribution is -2.41. The molecule has 0 unspecified atom stereocenters. The summed E-state index contributed by atoms with van der Waals surface area (Å²) in [5, 5.41) is 2.88. The van der Waals surface area contributed by atoms with Crippen LogP contribution in [0.5, 0.6) is 0 Å². The number of rotatable bonds is 8. The van der Waals surface area contributed by atoms with Crippen LogP contribution in [0.2, 0.25) is 0 Å². The summed E-state index contributed by atoms with van der Waals surface area (Å²) in [6, 6.07) is 11.3. The quantitative estimate of drug-likeness (QED) is 0.672. The largest absolute Gasteiger partial charge is 0.379 e. The van der Waals surface area contributed by atoms with Gasteiger partial charge in [0, 0.05) is 38.3 Å². The van der Waals surface area contributed by atoms with Crippen LogP contribution >= 0.6 is 0 Å². The van der Waals surface area contributed by atoms with E-state index in [-0.39, 0.29) is 17.3 Å². The van der Waals surface area contributed by atoms with Crippen LogP contribution in [0, 0.1) is 5.82 Å². The summed E-state index contributed by atoms with van der Waals surface area (Å²) in [5.74, 6) is -0.667. The Balaban J connectivity index is 1.47. The Hall–Kier alpha value is -2.33. The summed E-state index contributed by atoms with van der Waals surface area (Å²) >= 11 is 0. The smallest absolute Gasteiger partial charge is 0.251 e. The molecule has 1 aliphatic heterocycles. The zero-order valence-electron chi connectivity index (χ0n) is 15.9.